The molecule has 7 heteroatoms. The van der Waals surface area contributed by atoms with Gasteiger partial charge in [-0.3, -0.25) is 4.79 Å². The van der Waals surface area contributed by atoms with Gasteiger partial charge < -0.3 is 4.90 Å². The molecule has 0 radical (unpaired) electrons. The van der Waals surface area contributed by atoms with Crippen LogP contribution in [0.3, 0.4) is 0 Å². The molecular formula is C17H21F2N3OS. The summed E-state index contributed by atoms with van der Waals surface area (Å²) in [6.07, 6.45) is 1.84. The number of fused-ring (bicyclic) bond motifs is 1. The molecule has 0 fully saturated rings. The molecule has 0 saturated carbocycles. The lowest BCUT2D eigenvalue weighted by atomic mass is 9.96. The lowest BCUT2D eigenvalue weighted by Crippen LogP contribution is -2.40. The van der Waals surface area contributed by atoms with Crippen molar-refractivity contribution in [1.82, 2.24) is 14.7 Å². The minimum Gasteiger partial charge on any atom is -0.335 e. The molecule has 0 aliphatic carbocycles. The van der Waals surface area contributed by atoms with Gasteiger partial charge >= 0.3 is 6.55 Å². The zero-order valence-electron chi connectivity index (χ0n) is 14.1. The highest BCUT2D eigenvalue weighted by atomic mass is 32.1. The second-order valence-electron chi connectivity index (χ2n) is 6.11. The summed E-state index contributed by atoms with van der Waals surface area (Å²) in [6, 6.07) is 2.18. The summed E-state index contributed by atoms with van der Waals surface area (Å²) in [5.74, 6) is -0.0151. The van der Waals surface area contributed by atoms with Crippen molar-refractivity contribution in [3.8, 4) is 0 Å². The molecule has 130 valence electrons. The van der Waals surface area contributed by atoms with Crippen molar-refractivity contribution in [1.29, 1.82) is 0 Å². The Morgan fingerprint density at radius 1 is 1.46 bits per heavy atom. The third kappa shape index (κ3) is 2.85. The third-order valence-electron chi connectivity index (χ3n) is 4.79. The lowest BCUT2D eigenvalue weighted by molar-refractivity contribution is -0.133. The van der Waals surface area contributed by atoms with E-state index in [0.717, 1.165) is 12.8 Å². The van der Waals surface area contributed by atoms with Gasteiger partial charge in [0.2, 0.25) is 5.91 Å². The Bertz CT molecular complexity index is 753. The van der Waals surface area contributed by atoms with Gasteiger partial charge in [0.15, 0.2) is 0 Å². The van der Waals surface area contributed by atoms with Crippen molar-refractivity contribution in [3.05, 3.63) is 38.8 Å². The van der Waals surface area contributed by atoms with Gasteiger partial charge in [-0.05, 0) is 43.7 Å². The van der Waals surface area contributed by atoms with Crippen LogP contribution >= 0.6 is 11.3 Å². The van der Waals surface area contributed by atoms with Crippen molar-refractivity contribution in [3.63, 3.8) is 0 Å². The van der Waals surface area contributed by atoms with Crippen LogP contribution in [0.5, 0.6) is 0 Å². The van der Waals surface area contributed by atoms with E-state index in [1.807, 2.05) is 4.90 Å². The largest absolute Gasteiger partial charge is 0.335 e. The highest BCUT2D eigenvalue weighted by molar-refractivity contribution is 7.10. The van der Waals surface area contributed by atoms with E-state index in [0.29, 0.717) is 28.2 Å². The SMILES string of the molecule is CC[C@H]1c2ccsc2CCN1C(=O)Cc1c(C)nn(C(F)F)c1C. The van der Waals surface area contributed by atoms with Gasteiger partial charge in [0.1, 0.15) is 0 Å². The maximum absolute atomic E-state index is 13.0. The molecule has 0 aromatic carbocycles. The Balaban J connectivity index is 1.83. The first-order chi connectivity index (χ1) is 11.4. The molecule has 1 aliphatic heterocycles. The van der Waals surface area contributed by atoms with Gasteiger partial charge in [0.05, 0.1) is 18.2 Å². The van der Waals surface area contributed by atoms with Gasteiger partial charge in [-0.25, -0.2) is 4.68 Å². The zero-order chi connectivity index (χ0) is 17.4. The number of aromatic nitrogens is 2. The molecule has 2 aromatic rings. The second kappa shape index (κ2) is 6.63. The number of rotatable bonds is 4. The Morgan fingerprint density at radius 3 is 2.83 bits per heavy atom. The quantitative estimate of drug-likeness (QED) is 0.832. The standard InChI is InChI=1S/C17H21F2N3OS/c1-4-14-12-6-8-24-15(12)5-7-21(14)16(23)9-13-10(2)20-22(11(13)3)17(18)19/h6,8,14,17H,4-5,7,9H2,1-3H3/t14-/m0/s1. The molecule has 2 aromatic heterocycles. The topological polar surface area (TPSA) is 38.1 Å². The molecule has 0 saturated heterocycles. The summed E-state index contributed by atoms with van der Waals surface area (Å²) in [5, 5.41) is 5.94. The first kappa shape index (κ1) is 17.1. The van der Waals surface area contributed by atoms with Crippen molar-refractivity contribution < 1.29 is 13.6 Å². The Labute approximate surface area is 144 Å². The molecule has 1 aliphatic rings. The maximum Gasteiger partial charge on any atom is 0.333 e. The van der Waals surface area contributed by atoms with Crippen LogP contribution in [0, 0.1) is 13.8 Å². The molecule has 3 rings (SSSR count). The number of nitrogens with zero attached hydrogens (tertiary/aromatic N) is 3. The number of amides is 1. The smallest absolute Gasteiger partial charge is 0.333 e. The minimum absolute atomic E-state index is 0.0151. The fourth-order valence-corrected chi connectivity index (χ4v) is 4.46. The number of thiophene rings is 1. The van der Waals surface area contributed by atoms with Crippen LogP contribution in [-0.2, 0) is 17.6 Å². The van der Waals surface area contributed by atoms with E-state index < -0.39 is 6.55 Å². The van der Waals surface area contributed by atoms with Gasteiger partial charge in [0.25, 0.3) is 0 Å². The van der Waals surface area contributed by atoms with E-state index in [4.69, 9.17) is 0 Å². The summed E-state index contributed by atoms with van der Waals surface area (Å²) in [4.78, 5) is 16.1. The predicted molar refractivity (Wildman–Crippen MR) is 89.4 cm³/mol. The summed E-state index contributed by atoms with van der Waals surface area (Å²) in [5.41, 5.74) is 2.73. The molecule has 1 amide bonds. The first-order valence-corrected chi connectivity index (χ1v) is 9.00. The molecular weight excluding hydrogens is 332 g/mol. The average Bonchev–Trinajstić information content (AvgIpc) is 3.13. The van der Waals surface area contributed by atoms with Crippen LogP contribution in [0.25, 0.3) is 0 Å². The van der Waals surface area contributed by atoms with Gasteiger partial charge in [-0.15, -0.1) is 11.3 Å². The van der Waals surface area contributed by atoms with Gasteiger partial charge in [-0.1, -0.05) is 6.92 Å². The molecule has 0 N–H and O–H groups in total. The monoisotopic (exact) mass is 353 g/mol. The van der Waals surface area contributed by atoms with E-state index in [1.165, 1.54) is 10.4 Å². The minimum atomic E-state index is -2.68. The molecule has 0 spiro atoms. The van der Waals surface area contributed by atoms with E-state index >= 15 is 0 Å². The van der Waals surface area contributed by atoms with Gasteiger partial charge in [0, 0.05) is 22.7 Å². The fraction of sp³-hybridized carbons (Fsp3) is 0.529. The van der Waals surface area contributed by atoms with Crippen LogP contribution in [0.2, 0.25) is 0 Å². The highest BCUT2D eigenvalue weighted by Gasteiger charge is 2.31. The molecule has 3 heterocycles. The number of carbonyl (C=O) groups excluding carboxylic acids is 1. The van der Waals surface area contributed by atoms with Crippen molar-refractivity contribution in [2.75, 3.05) is 6.54 Å². The third-order valence-corrected chi connectivity index (χ3v) is 5.79. The van der Waals surface area contributed by atoms with E-state index in [2.05, 4.69) is 23.5 Å². The van der Waals surface area contributed by atoms with Gasteiger partial charge in [-0.2, -0.15) is 13.9 Å². The lowest BCUT2D eigenvalue weighted by Gasteiger charge is -2.35. The van der Waals surface area contributed by atoms with E-state index in [1.54, 1.807) is 25.2 Å². The normalized spacial score (nSPS) is 17.4. The van der Waals surface area contributed by atoms with Crippen molar-refractivity contribution >= 4 is 17.2 Å². The summed E-state index contributed by atoms with van der Waals surface area (Å²) < 4.78 is 26.6. The van der Waals surface area contributed by atoms with Crippen LogP contribution in [-0.4, -0.2) is 27.1 Å². The average molecular weight is 353 g/mol. The number of halogens is 2. The van der Waals surface area contributed by atoms with Crippen LogP contribution in [0.1, 0.15) is 53.3 Å². The molecule has 0 bridgehead atoms. The summed E-state index contributed by atoms with van der Waals surface area (Å²) >= 11 is 1.74. The fourth-order valence-electron chi connectivity index (χ4n) is 3.53. The Hall–Kier alpha value is -1.76. The summed E-state index contributed by atoms with van der Waals surface area (Å²) in [7, 11) is 0. The van der Waals surface area contributed by atoms with Crippen LogP contribution in [0.4, 0.5) is 8.78 Å². The predicted octanol–water partition coefficient (Wildman–Crippen LogP) is 4.04. The zero-order valence-corrected chi connectivity index (χ0v) is 14.9. The number of carbonyl (C=O) groups is 1. The van der Waals surface area contributed by atoms with Crippen molar-refractivity contribution in [2.24, 2.45) is 0 Å². The molecule has 1 atom stereocenters. The van der Waals surface area contributed by atoms with E-state index in [-0.39, 0.29) is 18.4 Å². The second-order valence-corrected chi connectivity index (χ2v) is 7.11. The van der Waals surface area contributed by atoms with Crippen LogP contribution in [0.15, 0.2) is 11.4 Å². The summed E-state index contributed by atoms with van der Waals surface area (Å²) in [6.45, 7) is 3.35. The van der Waals surface area contributed by atoms with E-state index in [9.17, 15) is 13.6 Å². The van der Waals surface area contributed by atoms with Crippen LogP contribution < -0.4 is 0 Å². The number of hydrogen-bond acceptors (Lipinski definition) is 3. The Morgan fingerprint density at radius 2 is 2.21 bits per heavy atom. The first-order valence-electron chi connectivity index (χ1n) is 8.12. The maximum atomic E-state index is 13.0. The van der Waals surface area contributed by atoms with Crippen molar-refractivity contribution in [2.45, 2.75) is 52.6 Å². The number of alkyl halides is 2. The highest BCUT2D eigenvalue weighted by Crippen LogP contribution is 2.35. The molecule has 0 unspecified atom stereocenters. The molecule has 4 nitrogen and oxygen atoms in total. The number of hydrogen-bond donors (Lipinski definition) is 0. The molecule has 24 heavy (non-hydrogen) atoms. The Kier molecular flexibility index (Phi) is 4.71. The number of aryl methyl sites for hydroxylation is 1.